The van der Waals surface area contributed by atoms with Gasteiger partial charge in [0.25, 0.3) is 0 Å². The smallest absolute Gasteiger partial charge is 0.234 e. The second-order valence-electron chi connectivity index (χ2n) is 5.16. The quantitative estimate of drug-likeness (QED) is 0.449. The van der Waals surface area contributed by atoms with Gasteiger partial charge < -0.3 is 9.88 Å². The number of rotatable bonds is 5. The van der Waals surface area contributed by atoms with Crippen molar-refractivity contribution in [2.75, 3.05) is 11.1 Å². The molecule has 0 aliphatic carbocycles. The van der Waals surface area contributed by atoms with Crippen LogP contribution in [-0.4, -0.2) is 31.4 Å². The van der Waals surface area contributed by atoms with E-state index in [0.717, 1.165) is 19.1 Å². The van der Waals surface area contributed by atoms with Crippen LogP contribution in [0.15, 0.2) is 55.1 Å². The highest BCUT2D eigenvalue weighted by atomic mass is 79.9. The van der Waals surface area contributed by atoms with Gasteiger partial charge in [0.05, 0.1) is 11.4 Å². The summed E-state index contributed by atoms with van der Waals surface area (Å²) in [5, 5.41) is 11.9. The van der Waals surface area contributed by atoms with E-state index in [-0.39, 0.29) is 11.7 Å². The number of anilines is 1. The summed E-state index contributed by atoms with van der Waals surface area (Å²) in [5.41, 5.74) is 1.42. The van der Waals surface area contributed by atoms with E-state index in [0.29, 0.717) is 16.7 Å². The van der Waals surface area contributed by atoms with Crippen LogP contribution in [0.1, 0.15) is 0 Å². The van der Waals surface area contributed by atoms with Crippen molar-refractivity contribution in [1.29, 1.82) is 0 Å². The largest absolute Gasteiger partial charge is 0.323 e. The van der Waals surface area contributed by atoms with Crippen molar-refractivity contribution in [1.82, 2.24) is 19.7 Å². The Bertz CT molecular complexity index is 925. The lowest BCUT2D eigenvalue weighted by Gasteiger charge is -2.10. The highest BCUT2D eigenvalue weighted by Gasteiger charge is 2.15. The molecular weight excluding hydrogens is 550 g/mol. The summed E-state index contributed by atoms with van der Waals surface area (Å²) >= 11 is 11.6. The first-order valence-electron chi connectivity index (χ1n) is 7.33. The topological polar surface area (TPSA) is 72.7 Å². The van der Waals surface area contributed by atoms with Crippen LogP contribution in [0.4, 0.5) is 5.69 Å². The standard InChI is InChI=1S/C16H12Br3N5OS/c1-24-15(12-4-2-3-5-20-12)22-23-16(24)26-8-13(25)21-14-10(18)6-9(17)7-11(14)19/h2-7H,8H2,1H3,(H,21,25). The summed E-state index contributed by atoms with van der Waals surface area (Å²) in [6.45, 7) is 0. The summed E-state index contributed by atoms with van der Waals surface area (Å²) in [7, 11) is 1.85. The van der Waals surface area contributed by atoms with Gasteiger partial charge in [0.15, 0.2) is 11.0 Å². The Balaban J connectivity index is 1.67. The van der Waals surface area contributed by atoms with Gasteiger partial charge in [0.2, 0.25) is 5.91 Å². The van der Waals surface area contributed by atoms with E-state index in [4.69, 9.17) is 0 Å². The number of halogens is 3. The minimum atomic E-state index is -0.138. The van der Waals surface area contributed by atoms with Crippen LogP contribution >= 0.6 is 59.6 Å². The number of nitrogens with zero attached hydrogens (tertiary/aromatic N) is 4. The van der Waals surface area contributed by atoms with Gasteiger partial charge in [-0.1, -0.05) is 33.8 Å². The van der Waals surface area contributed by atoms with Crippen LogP contribution in [0.5, 0.6) is 0 Å². The van der Waals surface area contributed by atoms with E-state index in [1.165, 1.54) is 11.8 Å². The molecule has 0 aliphatic rings. The maximum absolute atomic E-state index is 12.3. The van der Waals surface area contributed by atoms with Crippen LogP contribution in [0.2, 0.25) is 0 Å². The molecule has 1 N–H and O–H groups in total. The summed E-state index contributed by atoms with van der Waals surface area (Å²) in [4.78, 5) is 16.6. The van der Waals surface area contributed by atoms with Crippen LogP contribution in [0.3, 0.4) is 0 Å². The fraction of sp³-hybridized carbons (Fsp3) is 0.125. The van der Waals surface area contributed by atoms with Crippen molar-refractivity contribution in [2.24, 2.45) is 7.05 Å². The molecular formula is C16H12Br3N5OS. The molecule has 0 fully saturated rings. The predicted molar refractivity (Wildman–Crippen MR) is 113 cm³/mol. The summed E-state index contributed by atoms with van der Waals surface area (Å²) in [6.07, 6.45) is 1.71. The first-order chi connectivity index (χ1) is 12.5. The molecule has 2 heterocycles. The van der Waals surface area contributed by atoms with Gasteiger partial charge in [-0.05, 0) is 56.1 Å². The number of amides is 1. The minimum absolute atomic E-state index is 0.138. The van der Waals surface area contributed by atoms with Gasteiger partial charge in [-0.15, -0.1) is 10.2 Å². The fourth-order valence-corrected chi connectivity index (χ4v) is 5.29. The van der Waals surface area contributed by atoms with Crippen molar-refractivity contribution in [3.63, 3.8) is 0 Å². The summed E-state index contributed by atoms with van der Waals surface area (Å²) in [6, 6.07) is 9.35. The van der Waals surface area contributed by atoms with Gasteiger partial charge in [-0.2, -0.15) is 0 Å². The number of hydrogen-bond donors (Lipinski definition) is 1. The molecule has 6 nitrogen and oxygen atoms in total. The van der Waals surface area contributed by atoms with Crippen molar-refractivity contribution < 1.29 is 4.79 Å². The minimum Gasteiger partial charge on any atom is -0.323 e. The van der Waals surface area contributed by atoms with Gasteiger partial charge in [-0.25, -0.2) is 0 Å². The van der Waals surface area contributed by atoms with Crippen molar-refractivity contribution in [3.05, 3.63) is 49.9 Å². The average molecular weight is 562 g/mol. The third kappa shape index (κ3) is 4.54. The number of thioether (sulfide) groups is 1. The zero-order valence-corrected chi connectivity index (χ0v) is 19.0. The predicted octanol–water partition coefficient (Wildman–Crippen LogP) is 4.90. The molecule has 1 amide bonds. The molecule has 0 aliphatic heterocycles. The highest BCUT2D eigenvalue weighted by Crippen LogP contribution is 2.34. The van der Waals surface area contributed by atoms with Crippen LogP contribution in [0, 0.1) is 0 Å². The normalized spacial score (nSPS) is 10.8. The lowest BCUT2D eigenvalue weighted by Crippen LogP contribution is -2.15. The molecule has 0 bridgehead atoms. The Morgan fingerprint density at radius 1 is 1.19 bits per heavy atom. The molecule has 3 aromatic rings. The fourth-order valence-electron chi connectivity index (χ4n) is 2.13. The molecule has 2 aromatic heterocycles. The van der Waals surface area contributed by atoms with Crippen molar-refractivity contribution >= 4 is 71.1 Å². The summed E-state index contributed by atoms with van der Waals surface area (Å²) in [5.74, 6) is 0.733. The number of hydrogen-bond acceptors (Lipinski definition) is 5. The summed E-state index contributed by atoms with van der Waals surface area (Å²) < 4.78 is 4.30. The van der Waals surface area contributed by atoms with E-state index in [1.807, 2.05) is 41.9 Å². The Morgan fingerprint density at radius 2 is 1.92 bits per heavy atom. The third-order valence-corrected chi connectivity index (χ3v) is 6.06. The van der Waals surface area contributed by atoms with Gasteiger partial charge >= 0.3 is 0 Å². The molecule has 1 aromatic carbocycles. The van der Waals surface area contributed by atoms with E-state index in [9.17, 15) is 4.79 Å². The zero-order chi connectivity index (χ0) is 18.7. The van der Waals surface area contributed by atoms with Crippen LogP contribution in [-0.2, 0) is 11.8 Å². The Kier molecular flexibility index (Phi) is 6.49. The third-order valence-electron chi connectivity index (χ3n) is 3.33. The van der Waals surface area contributed by atoms with Crippen molar-refractivity contribution in [3.8, 4) is 11.5 Å². The first-order valence-corrected chi connectivity index (χ1v) is 10.7. The monoisotopic (exact) mass is 559 g/mol. The van der Waals surface area contributed by atoms with Crippen molar-refractivity contribution in [2.45, 2.75) is 5.16 Å². The Hall–Kier alpha value is -1.23. The van der Waals surface area contributed by atoms with E-state index in [2.05, 4.69) is 68.3 Å². The van der Waals surface area contributed by atoms with E-state index < -0.39 is 0 Å². The lowest BCUT2D eigenvalue weighted by atomic mass is 10.3. The highest BCUT2D eigenvalue weighted by molar-refractivity contribution is 9.11. The number of nitrogens with one attached hydrogen (secondary N) is 1. The number of pyridine rings is 1. The Labute approximate surface area is 179 Å². The molecule has 134 valence electrons. The molecule has 3 rings (SSSR count). The number of carbonyl (C=O) groups excluding carboxylic acids is 1. The first kappa shape index (κ1) is 19.5. The van der Waals surface area contributed by atoms with Gasteiger partial charge in [-0.3, -0.25) is 9.78 Å². The van der Waals surface area contributed by atoms with E-state index >= 15 is 0 Å². The lowest BCUT2D eigenvalue weighted by molar-refractivity contribution is -0.113. The molecule has 0 spiro atoms. The molecule has 0 atom stereocenters. The number of aromatic nitrogens is 4. The maximum atomic E-state index is 12.3. The molecule has 26 heavy (non-hydrogen) atoms. The van der Waals surface area contributed by atoms with Gasteiger partial charge in [0, 0.05) is 26.7 Å². The molecule has 0 saturated carbocycles. The SMILES string of the molecule is Cn1c(SCC(=O)Nc2c(Br)cc(Br)cc2Br)nnc1-c1ccccn1. The molecule has 0 unspecified atom stereocenters. The average Bonchev–Trinajstić information content (AvgIpc) is 2.98. The zero-order valence-electron chi connectivity index (χ0n) is 13.4. The molecule has 0 saturated heterocycles. The Morgan fingerprint density at radius 3 is 2.58 bits per heavy atom. The maximum Gasteiger partial charge on any atom is 0.234 e. The second kappa shape index (κ2) is 8.64. The van der Waals surface area contributed by atoms with Crippen LogP contribution < -0.4 is 5.32 Å². The van der Waals surface area contributed by atoms with E-state index in [1.54, 1.807) is 6.20 Å². The van der Waals surface area contributed by atoms with Gasteiger partial charge in [0.1, 0.15) is 5.69 Å². The number of benzene rings is 1. The van der Waals surface area contributed by atoms with Crippen LogP contribution in [0.25, 0.3) is 11.5 Å². The molecule has 0 radical (unpaired) electrons. The molecule has 10 heteroatoms. The number of carbonyl (C=O) groups is 1. The second-order valence-corrected chi connectivity index (χ2v) is 8.73.